The van der Waals surface area contributed by atoms with E-state index in [1.165, 1.54) is 38.0 Å². The Kier molecular flexibility index (Phi) is 2.40. The van der Waals surface area contributed by atoms with Gasteiger partial charge in [-0.25, -0.2) is 0 Å². The maximum atomic E-state index is 6.20. The fraction of sp³-hybridized carbons (Fsp3) is 0.571. The highest BCUT2D eigenvalue weighted by atomic mass is 16.5. The van der Waals surface area contributed by atoms with E-state index in [0.29, 0.717) is 0 Å². The zero-order chi connectivity index (χ0) is 11.0. The Morgan fingerprint density at radius 3 is 2.69 bits per heavy atom. The van der Waals surface area contributed by atoms with E-state index < -0.39 is 0 Å². The van der Waals surface area contributed by atoms with Crippen LogP contribution >= 0.6 is 0 Å². The largest absolute Gasteiger partial charge is 0.487 e. The van der Waals surface area contributed by atoms with Crippen LogP contribution in [0, 0.1) is 0 Å². The molecule has 0 amide bonds. The van der Waals surface area contributed by atoms with Crippen LogP contribution in [0.5, 0.6) is 5.75 Å². The van der Waals surface area contributed by atoms with Gasteiger partial charge >= 0.3 is 0 Å². The predicted molar refractivity (Wildman–Crippen MR) is 64.9 cm³/mol. The molecule has 0 N–H and O–H groups in total. The number of benzene rings is 1. The Morgan fingerprint density at radius 2 is 2.00 bits per heavy atom. The van der Waals surface area contributed by atoms with E-state index in [4.69, 9.17) is 4.74 Å². The van der Waals surface area contributed by atoms with Crippen LogP contribution < -0.4 is 4.74 Å². The van der Waals surface area contributed by atoms with Crippen molar-refractivity contribution in [1.82, 2.24) is 4.90 Å². The first-order valence-electron chi connectivity index (χ1n) is 6.31. The highest BCUT2D eigenvalue weighted by molar-refractivity contribution is 5.39. The lowest BCUT2D eigenvalue weighted by molar-refractivity contribution is 0.0211. The van der Waals surface area contributed by atoms with E-state index in [9.17, 15) is 0 Å². The van der Waals surface area contributed by atoms with E-state index in [1.807, 2.05) is 0 Å². The summed E-state index contributed by atoms with van der Waals surface area (Å²) in [6.45, 7) is 5.78. The number of nitrogens with zero attached hydrogens (tertiary/aromatic N) is 1. The average Bonchev–Trinajstić information content (AvgIpc) is 2.68. The third-order valence-corrected chi connectivity index (χ3v) is 4.03. The molecule has 1 fully saturated rings. The second-order valence-electron chi connectivity index (χ2n) is 5.00. The molecule has 2 aliphatic rings. The van der Waals surface area contributed by atoms with Gasteiger partial charge in [0.15, 0.2) is 0 Å². The number of likely N-dealkylation sites (tertiary alicyclic amines) is 1. The third-order valence-electron chi connectivity index (χ3n) is 4.03. The van der Waals surface area contributed by atoms with Gasteiger partial charge in [0, 0.05) is 32.4 Å². The minimum Gasteiger partial charge on any atom is -0.487 e. The van der Waals surface area contributed by atoms with Crippen molar-refractivity contribution in [2.45, 2.75) is 31.8 Å². The van der Waals surface area contributed by atoms with Gasteiger partial charge in [0.25, 0.3) is 0 Å². The Balaban J connectivity index is 1.75. The van der Waals surface area contributed by atoms with Crippen LogP contribution in [-0.4, -0.2) is 30.1 Å². The lowest BCUT2D eigenvalue weighted by atomic mass is 9.87. The summed E-state index contributed by atoms with van der Waals surface area (Å²) in [6, 6.07) is 8.49. The van der Waals surface area contributed by atoms with Crippen molar-refractivity contribution in [1.29, 1.82) is 0 Å². The molecule has 1 aromatic rings. The van der Waals surface area contributed by atoms with E-state index in [2.05, 4.69) is 36.1 Å². The first-order valence-corrected chi connectivity index (χ1v) is 6.31. The molecule has 2 heterocycles. The van der Waals surface area contributed by atoms with Crippen molar-refractivity contribution in [2.24, 2.45) is 0 Å². The number of piperidine rings is 1. The van der Waals surface area contributed by atoms with Gasteiger partial charge in [0.05, 0.1) is 0 Å². The molecule has 1 saturated heterocycles. The third kappa shape index (κ3) is 1.61. The van der Waals surface area contributed by atoms with Crippen LogP contribution in [0.1, 0.15) is 25.3 Å². The molecule has 2 aliphatic heterocycles. The summed E-state index contributed by atoms with van der Waals surface area (Å²) >= 11 is 0. The van der Waals surface area contributed by atoms with Crippen molar-refractivity contribution >= 4 is 0 Å². The molecule has 0 saturated carbocycles. The molecule has 2 heteroatoms. The minimum atomic E-state index is 0.120. The van der Waals surface area contributed by atoms with E-state index in [0.717, 1.165) is 12.2 Å². The van der Waals surface area contributed by atoms with E-state index in [1.54, 1.807) is 0 Å². The van der Waals surface area contributed by atoms with Crippen molar-refractivity contribution in [3.8, 4) is 5.75 Å². The van der Waals surface area contributed by atoms with Gasteiger partial charge in [-0.2, -0.15) is 0 Å². The number of para-hydroxylation sites is 1. The van der Waals surface area contributed by atoms with Crippen molar-refractivity contribution in [3.63, 3.8) is 0 Å². The number of hydrogen-bond donors (Lipinski definition) is 0. The summed E-state index contributed by atoms with van der Waals surface area (Å²) in [6.07, 6.45) is 3.46. The first-order chi connectivity index (χ1) is 7.81. The molecular weight excluding hydrogens is 198 g/mol. The van der Waals surface area contributed by atoms with Gasteiger partial charge in [0.1, 0.15) is 11.4 Å². The van der Waals surface area contributed by atoms with E-state index in [-0.39, 0.29) is 5.60 Å². The van der Waals surface area contributed by atoms with Gasteiger partial charge in [0.2, 0.25) is 0 Å². The van der Waals surface area contributed by atoms with E-state index >= 15 is 0 Å². The highest BCUT2D eigenvalue weighted by Crippen LogP contribution is 2.40. The Morgan fingerprint density at radius 1 is 1.25 bits per heavy atom. The number of fused-ring (bicyclic) bond motifs is 1. The molecule has 16 heavy (non-hydrogen) atoms. The number of hydrogen-bond acceptors (Lipinski definition) is 2. The van der Waals surface area contributed by atoms with Crippen molar-refractivity contribution < 1.29 is 4.74 Å². The fourth-order valence-corrected chi connectivity index (χ4v) is 2.92. The maximum absolute atomic E-state index is 6.20. The smallest absolute Gasteiger partial charge is 0.123 e. The topological polar surface area (TPSA) is 12.5 Å². The summed E-state index contributed by atoms with van der Waals surface area (Å²) < 4.78 is 6.20. The van der Waals surface area contributed by atoms with Crippen molar-refractivity contribution in [3.05, 3.63) is 29.8 Å². The molecule has 0 unspecified atom stereocenters. The molecular formula is C14H19NO. The minimum absolute atomic E-state index is 0.120. The summed E-state index contributed by atoms with van der Waals surface area (Å²) in [7, 11) is 0. The molecule has 0 aliphatic carbocycles. The summed E-state index contributed by atoms with van der Waals surface area (Å²) in [5.74, 6) is 1.12. The predicted octanol–water partition coefficient (Wildman–Crippen LogP) is 2.48. The number of ether oxygens (including phenoxy) is 1. The zero-order valence-electron chi connectivity index (χ0n) is 9.91. The Bertz CT molecular complexity index is 353. The molecule has 1 aromatic carbocycles. The van der Waals surface area contributed by atoms with Gasteiger partial charge < -0.3 is 9.64 Å². The zero-order valence-corrected chi connectivity index (χ0v) is 9.91. The molecule has 1 spiro atoms. The van der Waals surface area contributed by atoms with Crippen LogP contribution in [0.4, 0.5) is 0 Å². The lowest BCUT2D eigenvalue weighted by Gasteiger charge is -2.38. The lowest BCUT2D eigenvalue weighted by Crippen LogP contribution is -2.47. The number of rotatable bonds is 1. The van der Waals surface area contributed by atoms with Crippen LogP contribution in [0.15, 0.2) is 24.3 Å². The maximum Gasteiger partial charge on any atom is 0.123 e. The molecule has 0 bridgehead atoms. The SMILES string of the molecule is CCN1CCC2(CC1)Cc1ccccc1O2. The summed E-state index contributed by atoms with van der Waals surface area (Å²) in [5, 5.41) is 0. The Hall–Kier alpha value is -1.02. The van der Waals surface area contributed by atoms with Gasteiger partial charge in [-0.15, -0.1) is 0 Å². The molecule has 0 radical (unpaired) electrons. The molecule has 2 nitrogen and oxygen atoms in total. The Labute approximate surface area is 97.2 Å². The van der Waals surface area contributed by atoms with Crippen LogP contribution in [0.25, 0.3) is 0 Å². The van der Waals surface area contributed by atoms with Crippen LogP contribution in [-0.2, 0) is 6.42 Å². The van der Waals surface area contributed by atoms with Crippen molar-refractivity contribution in [2.75, 3.05) is 19.6 Å². The quantitative estimate of drug-likeness (QED) is 0.716. The normalized spacial score (nSPS) is 23.1. The van der Waals surface area contributed by atoms with Gasteiger partial charge in [-0.1, -0.05) is 25.1 Å². The second kappa shape index (κ2) is 3.77. The van der Waals surface area contributed by atoms with Gasteiger partial charge in [-0.3, -0.25) is 0 Å². The van der Waals surface area contributed by atoms with Crippen LogP contribution in [0.2, 0.25) is 0 Å². The summed E-state index contributed by atoms with van der Waals surface area (Å²) in [5.41, 5.74) is 1.52. The molecule has 3 rings (SSSR count). The average molecular weight is 217 g/mol. The van der Waals surface area contributed by atoms with Crippen LogP contribution in [0.3, 0.4) is 0 Å². The first kappa shape index (κ1) is 10.2. The standard InChI is InChI=1S/C14H19NO/c1-2-15-9-7-14(8-10-15)11-12-5-3-4-6-13(12)16-14/h3-6H,2,7-11H2,1H3. The van der Waals surface area contributed by atoms with Gasteiger partial charge in [-0.05, 0) is 18.2 Å². The summed E-state index contributed by atoms with van der Waals surface area (Å²) in [4.78, 5) is 2.51. The monoisotopic (exact) mass is 217 g/mol. The second-order valence-corrected chi connectivity index (χ2v) is 5.00. The fourth-order valence-electron chi connectivity index (χ4n) is 2.92. The highest BCUT2D eigenvalue weighted by Gasteiger charge is 2.41. The molecule has 0 atom stereocenters. The molecule has 86 valence electrons. The molecule has 0 aromatic heterocycles.